The van der Waals surface area contributed by atoms with Crippen molar-refractivity contribution in [3.63, 3.8) is 0 Å². The highest BCUT2D eigenvalue weighted by atomic mass is 16.5. The summed E-state index contributed by atoms with van der Waals surface area (Å²) in [5, 5.41) is 18.5. The van der Waals surface area contributed by atoms with Gasteiger partial charge in [0.05, 0.1) is 23.9 Å². The van der Waals surface area contributed by atoms with Crippen LogP contribution >= 0.6 is 0 Å². The molecule has 0 saturated heterocycles. The normalized spacial score (nSPS) is 18.4. The van der Waals surface area contributed by atoms with E-state index in [2.05, 4.69) is 16.0 Å². The van der Waals surface area contributed by atoms with Gasteiger partial charge in [0, 0.05) is 17.3 Å². The third-order valence-electron chi connectivity index (χ3n) is 5.07. The van der Waals surface area contributed by atoms with E-state index < -0.39 is 5.41 Å². The van der Waals surface area contributed by atoms with Crippen LogP contribution in [-0.4, -0.2) is 19.6 Å². The molecule has 0 aromatic heterocycles. The van der Waals surface area contributed by atoms with Crippen LogP contribution in [0.3, 0.4) is 0 Å². The van der Waals surface area contributed by atoms with Crippen LogP contribution in [0, 0.1) is 11.3 Å². The summed E-state index contributed by atoms with van der Waals surface area (Å²) in [4.78, 5) is 12.2. The molecule has 3 N–H and O–H groups in total. The summed E-state index contributed by atoms with van der Waals surface area (Å²) in [7, 11) is 1.60. The molecule has 2 aliphatic heterocycles. The summed E-state index contributed by atoms with van der Waals surface area (Å²) in [5.74, 6) is 1.24. The molecule has 0 fully saturated rings. The molecular formula is C20H20N4O3. The van der Waals surface area contributed by atoms with Crippen molar-refractivity contribution < 1.29 is 14.3 Å². The van der Waals surface area contributed by atoms with Gasteiger partial charge in [-0.1, -0.05) is 0 Å². The molecule has 2 aromatic carbocycles. The zero-order valence-electron chi connectivity index (χ0n) is 15.3. The second kappa shape index (κ2) is 6.09. The highest BCUT2D eigenvalue weighted by Gasteiger charge is 2.40. The topological polar surface area (TPSA) is 95.4 Å². The number of hydrogen-bond acceptors (Lipinski definition) is 6. The van der Waals surface area contributed by atoms with Gasteiger partial charge < -0.3 is 25.4 Å². The number of methoxy groups -OCH3 is 1. The van der Waals surface area contributed by atoms with Gasteiger partial charge in [-0.25, -0.2) is 0 Å². The number of rotatable bonds is 4. The van der Waals surface area contributed by atoms with Crippen LogP contribution in [0.4, 0.5) is 17.1 Å². The van der Waals surface area contributed by atoms with Gasteiger partial charge in [-0.3, -0.25) is 4.79 Å². The van der Waals surface area contributed by atoms with E-state index in [4.69, 9.17) is 14.7 Å². The van der Waals surface area contributed by atoms with Crippen LogP contribution in [-0.2, 0) is 10.2 Å². The Labute approximate surface area is 157 Å². The molecule has 7 nitrogen and oxygen atoms in total. The maximum absolute atomic E-state index is 12.2. The molecule has 0 bridgehead atoms. The fourth-order valence-electron chi connectivity index (χ4n) is 3.50. The van der Waals surface area contributed by atoms with Gasteiger partial charge in [0.1, 0.15) is 23.7 Å². The monoisotopic (exact) mass is 364 g/mol. The standard InChI is InChI=1S/C20H20N4O3/c1-20(2)13-9-15-16(10-14(13)24-19(20)25)23-18(22-15)12-5-4-11(27-7-6-21)8-17(12)26-3/h4-5,8-10,18,22-23H,7H2,1-3H3,(H,24,25). The minimum Gasteiger partial charge on any atom is -0.496 e. The average molecular weight is 364 g/mol. The van der Waals surface area contributed by atoms with E-state index in [9.17, 15) is 4.79 Å². The minimum absolute atomic E-state index is 0.00681. The van der Waals surface area contributed by atoms with Gasteiger partial charge >= 0.3 is 0 Å². The van der Waals surface area contributed by atoms with Crippen LogP contribution in [0.2, 0.25) is 0 Å². The second-order valence-electron chi connectivity index (χ2n) is 7.09. The number of carbonyl (C=O) groups is 1. The molecule has 1 amide bonds. The molecule has 0 spiro atoms. The summed E-state index contributed by atoms with van der Waals surface area (Å²) < 4.78 is 10.8. The molecule has 0 aliphatic carbocycles. The third kappa shape index (κ3) is 2.70. The number of amides is 1. The van der Waals surface area contributed by atoms with Crippen LogP contribution in [0.1, 0.15) is 31.1 Å². The number of hydrogen-bond donors (Lipinski definition) is 3. The predicted octanol–water partition coefficient (Wildman–Crippen LogP) is 3.36. The maximum Gasteiger partial charge on any atom is 0.234 e. The number of anilines is 3. The van der Waals surface area contributed by atoms with E-state index in [1.165, 1.54) is 0 Å². The van der Waals surface area contributed by atoms with E-state index in [-0.39, 0.29) is 18.7 Å². The Morgan fingerprint density at radius 2 is 1.89 bits per heavy atom. The first-order chi connectivity index (χ1) is 12.9. The van der Waals surface area contributed by atoms with Crippen molar-refractivity contribution in [3.05, 3.63) is 41.5 Å². The summed E-state index contributed by atoms with van der Waals surface area (Å²) >= 11 is 0. The van der Waals surface area contributed by atoms with E-state index in [1.807, 2.05) is 44.2 Å². The van der Waals surface area contributed by atoms with E-state index >= 15 is 0 Å². The number of benzene rings is 2. The number of carbonyl (C=O) groups excluding carboxylic acids is 1. The van der Waals surface area contributed by atoms with Crippen molar-refractivity contribution in [2.75, 3.05) is 29.7 Å². The largest absolute Gasteiger partial charge is 0.496 e. The zero-order valence-corrected chi connectivity index (χ0v) is 15.3. The molecule has 1 atom stereocenters. The van der Waals surface area contributed by atoms with Crippen molar-refractivity contribution in [2.24, 2.45) is 0 Å². The Morgan fingerprint density at radius 1 is 1.15 bits per heavy atom. The van der Waals surface area contributed by atoms with Crippen molar-refractivity contribution in [1.29, 1.82) is 5.26 Å². The molecule has 27 heavy (non-hydrogen) atoms. The highest BCUT2D eigenvalue weighted by Crippen LogP contribution is 2.46. The lowest BCUT2D eigenvalue weighted by atomic mass is 9.86. The Morgan fingerprint density at radius 3 is 2.59 bits per heavy atom. The molecule has 2 aromatic rings. The Hall–Kier alpha value is -3.40. The van der Waals surface area contributed by atoms with Gasteiger partial charge in [-0.05, 0) is 43.7 Å². The summed E-state index contributed by atoms with van der Waals surface area (Å²) in [6.07, 6.45) is -0.179. The predicted molar refractivity (Wildman–Crippen MR) is 102 cm³/mol. The van der Waals surface area contributed by atoms with Gasteiger partial charge in [-0.15, -0.1) is 0 Å². The molecule has 2 aliphatic rings. The number of nitrogens with zero attached hydrogens (tertiary/aromatic N) is 1. The lowest BCUT2D eigenvalue weighted by Gasteiger charge is -2.17. The third-order valence-corrected chi connectivity index (χ3v) is 5.07. The molecule has 7 heteroatoms. The molecule has 138 valence electrons. The van der Waals surface area contributed by atoms with Gasteiger partial charge in [0.2, 0.25) is 5.91 Å². The lowest BCUT2D eigenvalue weighted by molar-refractivity contribution is -0.119. The zero-order chi connectivity index (χ0) is 19.2. The van der Waals surface area contributed by atoms with E-state index in [0.29, 0.717) is 11.5 Å². The van der Waals surface area contributed by atoms with Crippen LogP contribution in [0.5, 0.6) is 11.5 Å². The Bertz CT molecular complexity index is 978. The van der Waals surface area contributed by atoms with Gasteiger partial charge in [-0.2, -0.15) is 5.26 Å². The fraction of sp³-hybridized carbons (Fsp3) is 0.300. The first-order valence-electron chi connectivity index (χ1n) is 8.65. The second-order valence-corrected chi connectivity index (χ2v) is 7.09. The number of nitrogens with one attached hydrogen (secondary N) is 3. The quantitative estimate of drug-likeness (QED) is 0.770. The van der Waals surface area contributed by atoms with Gasteiger partial charge in [0.25, 0.3) is 0 Å². The fourth-order valence-corrected chi connectivity index (χ4v) is 3.50. The number of nitriles is 1. The number of ether oxygens (including phenoxy) is 2. The van der Waals surface area contributed by atoms with E-state index in [0.717, 1.165) is 28.2 Å². The summed E-state index contributed by atoms with van der Waals surface area (Å²) in [6, 6.07) is 11.4. The van der Waals surface area contributed by atoms with E-state index in [1.54, 1.807) is 13.2 Å². The van der Waals surface area contributed by atoms with Crippen molar-refractivity contribution >= 4 is 23.0 Å². The summed E-state index contributed by atoms with van der Waals surface area (Å²) in [6.45, 7) is 3.83. The van der Waals surface area contributed by atoms with Crippen LogP contribution < -0.4 is 25.4 Å². The van der Waals surface area contributed by atoms with Crippen LogP contribution in [0.25, 0.3) is 0 Å². The Balaban J connectivity index is 1.63. The lowest BCUT2D eigenvalue weighted by Crippen LogP contribution is -2.26. The number of fused-ring (bicyclic) bond motifs is 2. The average Bonchev–Trinajstić information content (AvgIpc) is 3.16. The molecule has 1 unspecified atom stereocenters. The van der Waals surface area contributed by atoms with Crippen molar-refractivity contribution in [2.45, 2.75) is 25.4 Å². The van der Waals surface area contributed by atoms with Crippen molar-refractivity contribution in [1.82, 2.24) is 0 Å². The smallest absolute Gasteiger partial charge is 0.234 e. The first kappa shape index (κ1) is 17.0. The minimum atomic E-state index is -0.554. The molecular weight excluding hydrogens is 344 g/mol. The maximum atomic E-state index is 12.2. The SMILES string of the molecule is COc1cc(OCC#N)ccc1C1Nc2cc3c(cc2N1)C(C)(C)C(=O)N3. The first-order valence-corrected chi connectivity index (χ1v) is 8.65. The molecule has 0 radical (unpaired) electrons. The Kier molecular flexibility index (Phi) is 3.84. The van der Waals surface area contributed by atoms with Gasteiger partial charge in [0.15, 0.2) is 6.61 Å². The molecule has 2 heterocycles. The van der Waals surface area contributed by atoms with Crippen LogP contribution in [0.15, 0.2) is 30.3 Å². The summed E-state index contributed by atoms with van der Waals surface area (Å²) in [5.41, 5.74) is 4.04. The highest BCUT2D eigenvalue weighted by molar-refractivity contribution is 6.07. The molecule has 4 rings (SSSR count). The molecule has 0 saturated carbocycles. The van der Waals surface area contributed by atoms with Crippen molar-refractivity contribution in [3.8, 4) is 17.6 Å².